The number of aromatic amines is 1. The Morgan fingerprint density at radius 3 is 2.78 bits per heavy atom. The first-order valence-corrected chi connectivity index (χ1v) is 9.14. The second-order valence-electron chi connectivity index (χ2n) is 6.74. The Labute approximate surface area is 158 Å². The molecule has 0 radical (unpaired) electrons. The molecule has 1 aliphatic heterocycles. The molecule has 0 aliphatic carbocycles. The minimum absolute atomic E-state index is 0.00325. The van der Waals surface area contributed by atoms with Crippen molar-refractivity contribution in [3.05, 3.63) is 66.1 Å². The van der Waals surface area contributed by atoms with Crippen molar-refractivity contribution in [2.75, 3.05) is 20.2 Å². The monoisotopic (exact) mass is 362 g/mol. The van der Waals surface area contributed by atoms with Crippen LogP contribution in [0.3, 0.4) is 0 Å². The molecule has 1 aliphatic rings. The number of methoxy groups -OCH3 is 1. The second kappa shape index (κ2) is 7.61. The molecule has 0 bridgehead atoms. The second-order valence-corrected chi connectivity index (χ2v) is 6.74. The highest BCUT2D eigenvalue weighted by Crippen LogP contribution is 2.28. The minimum atomic E-state index is 0.00325. The van der Waals surface area contributed by atoms with E-state index < -0.39 is 0 Å². The number of hydrogen-bond donors (Lipinski definition) is 1. The van der Waals surface area contributed by atoms with Crippen LogP contribution in [0.5, 0.6) is 5.75 Å². The average molecular weight is 362 g/mol. The van der Waals surface area contributed by atoms with E-state index in [1.807, 2.05) is 41.3 Å². The Kier molecular flexibility index (Phi) is 4.87. The molecule has 0 unspecified atom stereocenters. The molecule has 6 nitrogen and oxygen atoms in total. The third kappa shape index (κ3) is 3.69. The number of nitrogens with one attached hydrogen (secondary N) is 1. The summed E-state index contributed by atoms with van der Waals surface area (Å²) < 4.78 is 5.22. The van der Waals surface area contributed by atoms with Crippen molar-refractivity contribution in [3.8, 4) is 17.0 Å². The van der Waals surface area contributed by atoms with Gasteiger partial charge in [0.1, 0.15) is 11.4 Å². The lowest BCUT2D eigenvalue weighted by molar-refractivity contribution is 0.0700. The Morgan fingerprint density at radius 1 is 1.19 bits per heavy atom. The Balaban J connectivity index is 1.53. The van der Waals surface area contributed by atoms with Crippen LogP contribution in [-0.4, -0.2) is 46.2 Å². The van der Waals surface area contributed by atoms with Crippen LogP contribution in [0.15, 0.2) is 54.7 Å². The molecule has 2 aromatic heterocycles. The lowest BCUT2D eigenvalue weighted by atomic mass is 9.93. The summed E-state index contributed by atoms with van der Waals surface area (Å²) in [4.78, 5) is 19.4. The number of rotatable bonds is 4. The Hall–Kier alpha value is -3.15. The van der Waals surface area contributed by atoms with Gasteiger partial charge in [-0.3, -0.25) is 14.9 Å². The van der Waals surface area contributed by atoms with Gasteiger partial charge in [-0.05, 0) is 55.3 Å². The fraction of sp³-hybridized carbons (Fsp3) is 0.286. The van der Waals surface area contributed by atoms with Crippen molar-refractivity contribution in [1.82, 2.24) is 20.1 Å². The first-order chi connectivity index (χ1) is 13.2. The summed E-state index contributed by atoms with van der Waals surface area (Å²) in [7, 11) is 1.66. The predicted molar refractivity (Wildman–Crippen MR) is 103 cm³/mol. The smallest absolute Gasteiger partial charge is 0.271 e. The number of aromatic nitrogens is 3. The number of carbonyl (C=O) groups excluding carboxylic acids is 1. The molecule has 0 saturated carbocycles. The average Bonchev–Trinajstić information content (AvgIpc) is 3.28. The van der Waals surface area contributed by atoms with Gasteiger partial charge in [-0.15, -0.1) is 0 Å². The highest BCUT2D eigenvalue weighted by molar-refractivity contribution is 5.92. The molecule has 1 aromatic carbocycles. The number of hydrogen-bond acceptors (Lipinski definition) is 4. The standard InChI is InChI=1S/C21H22N4O2/c1-27-17-9-7-15(8-10-17)18-5-2-6-19(23-18)16-4-3-13-25(14-16)21(26)20-11-12-22-24-20/h2,5-12,16H,3-4,13-14H2,1H3,(H,22,24)/t16-/m1/s1. The highest BCUT2D eigenvalue weighted by atomic mass is 16.5. The maximum atomic E-state index is 12.6. The molecule has 27 heavy (non-hydrogen) atoms. The molecule has 1 N–H and O–H groups in total. The molecule has 3 heterocycles. The lowest BCUT2D eigenvalue weighted by Crippen LogP contribution is -2.39. The Morgan fingerprint density at radius 2 is 2.04 bits per heavy atom. The summed E-state index contributed by atoms with van der Waals surface area (Å²) in [5.41, 5.74) is 3.56. The van der Waals surface area contributed by atoms with Gasteiger partial charge in [0.2, 0.25) is 0 Å². The maximum absolute atomic E-state index is 12.6. The summed E-state index contributed by atoms with van der Waals surface area (Å²) in [6, 6.07) is 15.7. The summed E-state index contributed by atoms with van der Waals surface area (Å²) in [5.74, 6) is 1.07. The van der Waals surface area contributed by atoms with Crippen LogP contribution in [0, 0.1) is 0 Å². The zero-order chi connectivity index (χ0) is 18.6. The molecule has 0 spiro atoms. The first kappa shape index (κ1) is 17.3. The summed E-state index contributed by atoms with van der Waals surface area (Å²) in [6.07, 6.45) is 3.61. The zero-order valence-electron chi connectivity index (χ0n) is 15.3. The highest BCUT2D eigenvalue weighted by Gasteiger charge is 2.27. The number of H-pyrrole nitrogens is 1. The van der Waals surface area contributed by atoms with E-state index in [9.17, 15) is 4.79 Å². The van der Waals surface area contributed by atoms with Crippen molar-refractivity contribution in [2.45, 2.75) is 18.8 Å². The van der Waals surface area contributed by atoms with Crippen LogP contribution in [0.25, 0.3) is 11.3 Å². The number of pyridine rings is 1. The van der Waals surface area contributed by atoms with Crippen molar-refractivity contribution >= 4 is 5.91 Å². The maximum Gasteiger partial charge on any atom is 0.271 e. The van der Waals surface area contributed by atoms with Crippen LogP contribution >= 0.6 is 0 Å². The van der Waals surface area contributed by atoms with Crippen molar-refractivity contribution in [3.63, 3.8) is 0 Å². The van der Waals surface area contributed by atoms with Gasteiger partial charge in [0.15, 0.2) is 0 Å². The molecular formula is C21H22N4O2. The fourth-order valence-electron chi connectivity index (χ4n) is 3.55. The molecule has 4 rings (SSSR count). The van der Waals surface area contributed by atoms with Gasteiger partial charge in [0, 0.05) is 36.5 Å². The largest absolute Gasteiger partial charge is 0.497 e. The van der Waals surface area contributed by atoms with Crippen LogP contribution in [0.4, 0.5) is 0 Å². The number of amides is 1. The van der Waals surface area contributed by atoms with Crippen molar-refractivity contribution in [2.24, 2.45) is 0 Å². The molecular weight excluding hydrogens is 340 g/mol. The summed E-state index contributed by atoms with van der Waals surface area (Å²) >= 11 is 0. The number of likely N-dealkylation sites (tertiary alicyclic amines) is 1. The van der Waals surface area contributed by atoms with E-state index in [-0.39, 0.29) is 11.8 Å². The predicted octanol–water partition coefficient (Wildman–Crippen LogP) is 3.50. The van der Waals surface area contributed by atoms with Crippen molar-refractivity contribution < 1.29 is 9.53 Å². The van der Waals surface area contributed by atoms with E-state index in [1.54, 1.807) is 19.4 Å². The van der Waals surface area contributed by atoms with Gasteiger partial charge >= 0.3 is 0 Å². The molecule has 1 amide bonds. The molecule has 1 fully saturated rings. The lowest BCUT2D eigenvalue weighted by Gasteiger charge is -2.32. The summed E-state index contributed by atoms with van der Waals surface area (Å²) in [6.45, 7) is 1.45. The van der Waals surface area contributed by atoms with E-state index >= 15 is 0 Å². The van der Waals surface area contributed by atoms with Gasteiger partial charge in [-0.25, -0.2) is 0 Å². The molecule has 1 saturated heterocycles. The number of carbonyl (C=O) groups is 1. The quantitative estimate of drug-likeness (QED) is 0.771. The van der Waals surface area contributed by atoms with Gasteiger partial charge in [0.25, 0.3) is 5.91 Å². The van der Waals surface area contributed by atoms with E-state index in [4.69, 9.17) is 9.72 Å². The van der Waals surface area contributed by atoms with E-state index in [0.717, 1.165) is 42.1 Å². The van der Waals surface area contributed by atoms with Crippen LogP contribution in [0.1, 0.15) is 34.9 Å². The SMILES string of the molecule is COc1ccc(-c2cccc([C@@H]3CCCN(C(=O)c4ccn[nH]4)C3)n2)cc1. The molecule has 3 aromatic rings. The van der Waals surface area contributed by atoms with Gasteiger partial charge in [-0.2, -0.15) is 5.10 Å². The van der Waals surface area contributed by atoms with E-state index in [2.05, 4.69) is 16.3 Å². The number of piperidine rings is 1. The summed E-state index contributed by atoms with van der Waals surface area (Å²) in [5, 5.41) is 6.64. The molecule has 6 heteroatoms. The first-order valence-electron chi connectivity index (χ1n) is 9.14. The van der Waals surface area contributed by atoms with Crippen LogP contribution in [-0.2, 0) is 0 Å². The third-order valence-electron chi connectivity index (χ3n) is 5.01. The van der Waals surface area contributed by atoms with Crippen molar-refractivity contribution in [1.29, 1.82) is 0 Å². The van der Waals surface area contributed by atoms with Gasteiger partial charge in [-0.1, -0.05) is 6.07 Å². The topological polar surface area (TPSA) is 71.1 Å². The number of nitrogens with zero attached hydrogens (tertiary/aromatic N) is 3. The third-order valence-corrected chi connectivity index (χ3v) is 5.01. The molecule has 1 atom stereocenters. The van der Waals surface area contributed by atoms with E-state index in [1.165, 1.54) is 0 Å². The molecule has 138 valence electrons. The van der Waals surface area contributed by atoms with E-state index in [0.29, 0.717) is 12.2 Å². The number of benzene rings is 1. The minimum Gasteiger partial charge on any atom is -0.497 e. The van der Waals surface area contributed by atoms with Crippen LogP contribution < -0.4 is 4.74 Å². The van der Waals surface area contributed by atoms with Gasteiger partial charge in [0.05, 0.1) is 12.8 Å². The fourth-order valence-corrected chi connectivity index (χ4v) is 3.55. The normalized spacial score (nSPS) is 16.9. The Bertz CT molecular complexity index is 906. The van der Waals surface area contributed by atoms with Gasteiger partial charge < -0.3 is 9.64 Å². The number of ether oxygens (including phenoxy) is 1. The zero-order valence-corrected chi connectivity index (χ0v) is 15.3. The van der Waals surface area contributed by atoms with Crippen LogP contribution in [0.2, 0.25) is 0 Å².